The van der Waals surface area contributed by atoms with Crippen LogP contribution in [-0.4, -0.2) is 31.2 Å². The summed E-state index contributed by atoms with van der Waals surface area (Å²) in [4.78, 5) is 5.20. The third kappa shape index (κ3) is 3.82. The lowest BCUT2D eigenvalue weighted by Crippen LogP contribution is -2.51. The van der Waals surface area contributed by atoms with Crippen molar-refractivity contribution < 1.29 is 4.48 Å². The highest BCUT2D eigenvalue weighted by Crippen LogP contribution is 2.48. The Kier molecular flexibility index (Phi) is 5.22. The topological polar surface area (TPSA) is 3.24 Å². The second-order valence-corrected chi connectivity index (χ2v) is 9.50. The van der Waals surface area contributed by atoms with Gasteiger partial charge in [-0.3, -0.25) is 0 Å². The first-order valence-electron chi connectivity index (χ1n) is 9.96. The monoisotopic (exact) mass is 389 g/mol. The summed E-state index contributed by atoms with van der Waals surface area (Å²) in [5.41, 5.74) is 5.38. The minimum Gasteiger partial charge on any atom is -0.334 e. The molecule has 0 bridgehead atoms. The van der Waals surface area contributed by atoms with Crippen molar-refractivity contribution in [2.45, 2.75) is 36.2 Å². The molecule has 3 aromatic carbocycles. The molecule has 1 aliphatic rings. The Morgan fingerprint density at radius 1 is 0.821 bits per heavy atom. The number of quaternary nitrogens is 1. The molecular weight excluding hydrogens is 360 g/mol. The normalized spacial score (nSPS) is 14.4. The Balaban J connectivity index is 1.60. The number of rotatable bonds is 5. The molecule has 28 heavy (non-hydrogen) atoms. The zero-order valence-electron chi connectivity index (χ0n) is 17.2. The van der Waals surface area contributed by atoms with Crippen molar-refractivity contribution in [2.24, 2.45) is 0 Å². The standard InChI is InChI=1S/C25H29N2S/c1-19-13-15-21(16-14-19)18-27(3,4)20(2)17-26-22-9-5-7-11-24(22)28-25-12-8-6-10-23(25)26/h5-16,20H,17-18H2,1-4H3/q+1. The predicted octanol–water partition coefficient (Wildman–Crippen LogP) is 6.26. The lowest BCUT2D eigenvalue weighted by molar-refractivity contribution is -0.924. The van der Waals surface area contributed by atoms with Crippen molar-refractivity contribution in [1.29, 1.82) is 0 Å². The number of likely N-dealkylation sites (N-methyl/N-ethyl adjacent to an activating group) is 1. The van der Waals surface area contributed by atoms with Crippen molar-refractivity contribution >= 4 is 23.1 Å². The number of fused-ring (bicyclic) bond motifs is 2. The second kappa shape index (κ2) is 7.65. The number of benzene rings is 3. The van der Waals surface area contributed by atoms with E-state index in [0.717, 1.165) is 17.6 Å². The molecule has 0 N–H and O–H groups in total. The Bertz CT molecular complexity index is 917. The fraction of sp³-hybridized carbons (Fsp3) is 0.280. The van der Waals surface area contributed by atoms with Crippen LogP contribution in [0.1, 0.15) is 18.1 Å². The fourth-order valence-electron chi connectivity index (χ4n) is 3.78. The molecule has 0 saturated carbocycles. The van der Waals surface area contributed by atoms with Crippen LogP contribution < -0.4 is 4.90 Å². The average Bonchev–Trinajstić information content (AvgIpc) is 2.69. The zero-order valence-corrected chi connectivity index (χ0v) is 18.0. The molecule has 2 nitrogen and oxygen atoms in total. The van der Waals surface area contributed by atoms with Gasteiger partial charge >= 0.3 is 0 Å². The maximum absolute atomic E-state index is 2.51. The summed E-state index contributed by atoms with van der Waals surface area (Å²) >= 11 is 1.88. The average molecular weight is 390 g/mol. The lowest BCUT2D eigenvalue weighted by atomic mass is 10.1. The molecule has 0 spiro atoms. The Labute approximate surface area is 173 Å². The molecule has 3 heteroatoms. The molecule has 0 amide bonds. The van der Waals surface area contributed by atoms with Crippen LogP contribution in [0.15, 0.2) is 82.6 Å². The van der Waals surface area contributed by atoms with E-state index in [1.54, 1.807) is 0 Å². The molecular formula is C25H29N2S+. The van der Waals surface area contributed by atoms with E-state index >= 15 is 0 Å². The maximum Gasteiger partial charge on any atom is 0.104 e. The highest BCUT2D eigenvalue weighted by molar-refractivity contribution is 7.99. The molecule has 1 heterocycles. The molecule has 1 unspecified atom stereocenters. The quantitative estimate of drug-likeness (QED) is 0.474. The second-order valence-electron chi connectivity index (χ2n) is 8.42. The maximum atomic E-state index is 2.51. The van der Waals surface area contributed by atoms with E-state index in [1.807, 2.05) is 11.8 Å². The number of para-hydroxylation sites is 2. The van der Waals surface area contributed by atoms with Gasteiger partial charge in [-0.1, -0.05) is 65.9 Å². The smallest absolute Gasteiger partial charge is 0.104 e. The van der Waals surface area contributed by atoms with E-state index in [1.165, 1.54) is 32.3 Å². The van der Waals surface area contributed by atoms with Crippen LogP contribution in [0.25, 0.3) is 0 Å². The van der Waals surface area contributed by atoms with Gasteiger partial charge in [0.1, 0.15) is 12.6 Å². The van der Waals surface area contributed by atoms with Gasteiger partial charge in [-0.2, -0.15) is 0 Å². The van der Waals surface area contributed by atoms with Gasteiger partial charge in [-0.15, -0.1) is 0 Å². The number of hydrogen-bond acceptors (Lipinski definition) is 2. The molecule has 1 atom stereocenters. The largest absolute Gasteiger partial charge is 0.334 e. The van der Waals surface area contributed by atoms with Crippen molar-refractivity contribution in [2.75, 3.05) is 25.5 Å². The van der Waals surface area contributed by atoms with E-state index in [0.29, 0.717) is 6.04 Å². The summed E-state index contributed by atoms with van der Waals surface area (Å²) in [6.45, 7) is 6.55. The summed E-state index contributed by atoms with van der Waals surface area (Å²) in [5.74, 6) is 0. The summed E-state index contributed by atoms with van der Waals surface area (Å²) in [5, 5.41) is 0. The van der Waals surface area contributed by atoms with Gasteiger partial charge in [0.25, 0.3) is 0 Å². The Morgan fingerprint density at radius 3 is 1.93 bits per heavy atom. The molecule has 4 rings (SSSR count). The number of hydrogen-bond donors (Lipinski definition) is 0. The molecule has 0 aliphatic carbocycles. The molecule has 0 radical (unpaired) electrons. The number of aryl methyl sites for hydroxylation is 1. The van der Waals surface area contributed by atoms with Gasteiger partial charge in [-0.05, 0) is 38.1 Å². The first kappa shape index (κ1) is 19.1. The van der Waals surface area contributed by atoms with Gasteiger partial charge in [0, 0.05) is 15.4 Å². The van der Waals surface area contributed by atoms with Gasteiger partial charge in [-0.25, -0.2) is 0 Å². The lowest BCUT2D eigenvalue weighted by Gasteiger charge is -2.41. The minimum atomic E-state index is 0.477. The van der Waals surface area contributed by atoms with E-state index < -0.39 is 0 Å². The van der Waals surface area contributed by atoms with Crippen LogP contribution in [0.2, 0.25) is 0 Å². The first-order chi connectivity index (χ1) is 13.4. The Morgan fingerprint density at radius 2 is 1.36 bits per heavy atom. The fourth-order valence-corrected chi connectivity index (χ4v) is 4.88. The van der Waals surface area contributed by atoms with Crippen LogP contribution in [-0.2, 0) is 6.54 Å². The van der Waals surface area contributed by atoms with Crippen molar-refractivity contribution in [3.05, 3.63) is 83.9 Å². The molecule has 0 aromatic heterocycles. The van der Waals surface area contributed by atoms with Crippen molar-refractivity contribution in [1.82, 2.24) is 0 Å². The van der Waals surface area contributed by atoms with Gasteiger partial charge < -0.3 is 9.38 Å². The summed E-state index contributed by atoms with van der Waals surface area (Å²) in [6.07, 6.45) is 0. The third-order valence-corrected chi connectivity index (χ3v) is 7.01. The van der Waals surface area contributed by atoms with Crippen LogP contribution in [0.4, 0.5) is 11.4 Å². The Hall–Kier alpha value is -2.23. The number of anilines is 2. The highest BCUT2D eigenvalue weighted by Gasteiger charge is 2.30. The van der Waals surface area contributed by atoms with Gasteiger partial charge in [0.15, 0.2) is 0 Å². The zero-order chi connectivity index (χ0) is 19.7. The summed E-state index contributed by atoms with van der Waals surface area (Å²) in [7, 11) is 4.70. The first-order valence-corrected chi connectivity index (χ1v) is 10.8. The van der Waals surface area contributed by atoms with Crippen LogP contribution >= 0.6 is 11.8 Å². The summed E-state index contributed by atoms with van der Waals surface area (Å²) < 4.78 is 0.955. The SMILES string of the molecule is Cc1ccc(C[N+](C)(C)C(C)CN2c3ccccc3Sc3ccccc32)cc1. The van der Waals surface area contributed by atoms with Crippen molar-refractivity contribution in [3.63, 3.8) is 0 Å². The van der Waals surface area contributed by atoms with Crippen molar-refractivity contribution in [3.8, 4) is 0 Å². The van der Waals surface area contributed by atoms with Crippen LogP contribution in [0.3, 0.4) is 0 Å². The van der Waals surface area contributed by atoms with E-state index in [4.69, 9.17) is 0 Å². The molecule has 0 saturated heterocycles. The van der Waals surface area contributed by atoms with E-state index in [2.05, 4.69) is 106 Å². The number of nitrogens with zero attached hydrogens (tertiary/aromatic N) is 2. The van der Waals surface area contributed by atoms with Crippen LogP contribution in [0.5, 0.6) is 0 Å². The van der Waals surface area contributed by atoms with E-state index in [9.17, 15) is 0 Å². The molecule has 3 aromatic rings. The summed E-state index contributed by atoms with van der Waals surface area (Å²) in [6, 6.07) is 27.0. The van der Waals surface area contributed by atoms with Gasteiger partial charge in [0.2, 0.25) is 0 Å². The minimum absolute atomic E-state index is 0.477. The van der Waals surface area contributed by atoms with Crippen LogP contribution in [0, 0.1) is 6.92 Å². The molecule has 0 fully saturated rings. The van der Waals surface area contributed by atoms with Gasteiger partial charge in [0.05, 0.1) is 32.0 Å². The third-order valence-electron chi connectivity index (χ3n) is 5.88. The molecule has 144 valence electrons. The van der Waals surface area contributed by atoms with E-state index in [-0.39, 0.29) is 0 Å². The highest BCUT2D eigenvalue weighted by atomic mass is 32.2. The predicted molar refractivity (Wildman–Crippen MR) is 120 cm³/mol. The molecule has 1 aliphatic heterocycles.